The summed E-state index contributed by atoms with van der Waals surface area (Å²) in [6, 6.07) is 8.86. The van der Waals surface area contributed by atoms with Gasteiger partial charge in [0.15, 0.2) is 0 Å². The molecule has 0 spiro atoms. The van der Waals surface area contributed by atoms with E-state index >= 15 is 0 Å². The van der Waals surface area contributed by atoms with Crippen molar-refractivity contribution in [3.63, 3.8) is 0 Å². The lowest BCUT2D eigenvalue weighted by molar-refractivity contribution is 0.395. The van der Waals surface area contributed by atoms with Crippen molar-refractivity contribution in [3.05, 3.63) is 53.6 Å². The fourth-order valence-corrected chi connectivity index (χ4v) is 2.13. The van der Waals surface area contributed by atoms with E-state index in [1.807, 2.05) is 24.1 Å². The molecule has 0 aliphatic carbocycles. The van der Waals surface area contributed by atoms with Gasteiger partial charge in [-0.2, -0.15) is 0 Å². The molecule has 0 saturated carbocycles. The lowest BCUT2D eigenvalue weighted by Crippen LogP contribution is -2.36. The third kappa shape index (κ3) is 3.24. The van der Waals surface area contributed by atoms with E-state index in [4.69, 9.17) is 0 Å². The van der Waals surface area contributed by atoms with Crippen molar-refractivity contribution in [2.45, 2.75) is 39.3 Å². The van der Waals surface area contributed by atoms with Gasteiger partial charge >= 0.3 is 0 Å². The molecule has 1 aromatic carbocycles. The van der Waals surface area contributed by atoms with E-state index in [2.05, 4.69) is 55.3 Å². The molecule has 1 aromatic heterocycles. The maximum Gasteiger partial charge on any atom is 0.0945 e. The minimum Gasteiger partial charge on any atom is -0.337 e. The van der Waals surface area contributed by atoms with Crippen molar-refractivity contribution in [1.29, 1.82) is 0 Å². The van der Waals surface area contributed by atoms with Gasteiger partial charge in [0.05, 0.1) is 12.0 Å². The summed E-state index contributed by atoms with van der Waals surface area (Å²) in [6.45, 7) is 7.43. The SMILES string of the molecule is CCc1ccc(C(C)(C)NCc2cncn2C)cc1. The number of nitrogens with one attached hydrogen (secondary N) is 1. The Morgan fingerprint density at radius 2 is 1.89 bits per heavy atom. The Kier molecular flexibility index (Phi) is 4.05. The molecule has 0 aliphatic rings. The highest BCUT2D eigenvalue weighted by molar-refractivity contribution is 5.27. The normalized spacial score (nSPS) is 11.8. The predicted octanol–water partition coefficient (Wildman–Crippen LogP) is 3.01. The summed E-state index contributed by atoms with van der Waals surface area (Å²) >= 11 is 0. The van der Waals surface area contributed by atoms with Gasteiger partial charge in [-0.15, -0.1) is 0 Å². The molecule has 0 radical (unpaired) electrons. The van der Waals surface area contributed by atoms with Crippen LogP contribution in [0.1, 0.15) is 37.6 Å². The molecule has 0 saturated heterocycles. The molecular formula is C16H23N3. The number of hydrogen-bond donors (Lipinski definition) is 1. The molecular weight excluding hydrogens is 234 g/mol. The molecule has 0 unspecified atom stereocenters. The molecule has 0 atom stereocenters. The van der Waals surface area contributed by atoms with Crippen molar-refractivity contribution >= 4 is 0 Å². The second-order valence-electron chi connectivity index (χ2n) is 5.52. The third-order valence-electron chi connectivity index (χ3n) is 3.71. The van der Waals surface area contributed by atoms with Crippen LogP contribution >= 0.6 is 0 Å². The van der Waals surface area contributed by atoms with E-state index in [1.54, 1.807) is 0 Å². The van der Waals surface area contributed by atoms with Crippen LogP contribution in [0.5, 0.6) is 0 Å². The Hall–Kier alpha value is -1.61. The minimum atomic E-state index is -0.0451. The summed E-state index contributed by atoms with van der Waals surface area (Å²) < 4.78 is 2.04. The maximum absolute atomic E-state index is 4.14. The Labute approximate surface area is 115 Å². The lowest BCUT2D eigenvalue weighted by Gasteiger charge is -2.27. The van der Waals surface area contributed by atoms with Gasteiger partial charge in [0.1, 0.15) is 0 Å². The average Bonchev–Trinajstić information content (AvgIpc) is 2.82. The quantitative estimate of drug-likeness (QED) is 0.892. The van der Waals surface area contributed by atoms with Crippen LogP contribution in [0.4, 0.5) is 0 Å². The van der Waals surface area contributed by atoms with Crippen LogP contribution in [0.2, 0.25) is 0 Å². The van der Waals surface area contributed by atoms with Crippen LogP contribution < -0.4 is 5.32 Å². The first-order valence-corrected chi connectivity index (χ1v) is 6.82. The van der Waals surface area contributed by atoms with Crippen molar-refractivity contribution in [2.75, 3.05) is 0 Å². The number of aromatic nitrogens is 2. The molecule has 2 rings (SSSR count). The van der Waals surface area contributed by atoms with Crippen molar-refractivity contribution in [1.82, 2.24) is 14.9 Å². The highest BCUT2D eigenvalue weighted by Gasteiger charge is 2.19. The summed E-state index contributed by atoms with van der Waals surface area (Å²) in [5.74, 6) is 0. The molecule has 0 aliphatic heterocycles. The van der Waals surface area contributed by atoms with Crippen molar-refractivity contribution in [3.8, 4) is 0 Å². The maximum atomic E-state index is 4.14. The number of aryl methyl sites for hydroxylation is 2. The van der Waals surface area contributed by atoms with Crippen LogP contribution in [0.25, 0.3) is 0 Å². The summed E-state index contributed by atoms with van der Waals surface area (Å²) in [5.41, 5.74) is 3.84. The zero-order valence-electron chi connectivity index (χ0n) is 12.3. The van der Waals surface area contributed by atoms with E-state index in [9.17, 15) is 0 Å². The second-order valence-corrected chi connectivity index (χ2v) is 5.52. The van der Waals surface area contributed by atoms with E-state index in [0.29, 0.717) is 0 Å². The van der Waals surface area contributed by atoms with Crippen LogP contribution in [-0.2, 0) is 25.6 Å². The Morgan fingerprint density at radius 3 is 2.42 bits per heavy atom. The Morgan fingerprint density at radius 1 is 1.21 bits per heavy atom. The summed E-state index contributed by atoms with van der Waals surface area (Å²) in [7, 11) is 2.02. The van der Waals surface area contributed by atoms with Gasteiger partial charge in [0.25, 0.3) is 0 Å². The topological polar surface area (TPSA) is 29.9 Å². The summed E-state index contributed by atoms with van der Waals surface area (Å²) in [5, 5.41) is 3.60. The molecule has 0 bridgehead atoms. The standard InChI is InChI=1S/C16H23N3/c1-5-13-6-8-14(9-7-13)16(2,3)18-11-15-10-17-12-19(15)4/h6-10,12,18H,5,11H2,1-4H3. The first kappa shape index (κ1) is 13.8. The molecule has 1 N–H and O–H groups in total. The average molecular weight is 257 g/mol. The highest BCUT2D eigenvalue weighted by atomic mass is 15.1. The van der Waals surface area contributed by atoms with Crippen LogP contribution in [0.3, 0.4) is 0 Å². The van der Waals surface area contributed by atoms with E-state index in [-0.39, 0.29) is 5.54 Å². The number of nitrogens with zero attached hydrogens (tertiary/aromatic N) is 2. The summed E-state index contributed by atoms with van der Waals surface area (Å²) in [6.07, 6.45) is 4.83. The van der Waals surface area contributed by atoms with Gasteiger partial charge < -0.3 is 9.88 Å². The van der Waals surface area contributed by atoms with E-state index in [1.165, 1.54) is 16.8 Å². The van der Waals surface area contributed by atoms with E-state index in [0.717, 1.165) is 13.0 Å². The zero-order chi connectivity index (χ0) is 13.9. The van der Waals surface area contributed by atoms with Crippen molar-refractivity contribution < 1.29 is 0 Å². The Bertz CT molecular complexity index is 523. The third-order valence-corrected chi connectivity index (χ3v) is 3.71. The van der Waals surface area contributed by atoms with Gasteiger partial charge in [-0.1, -0.05) is 31.2 Å². The van der Waals surface area contributed by atoms with Gasteiger partial charge in [-0.25, -0.2) is 4.98 Å². The van der Waals surface area contributed by atoms with Crippen LogP contribution in [-0.4, -0.2) is 9.55 Å². The van der Waals surface area contributed by atoms with Gasteiger partial charge in [-0.3, -0.25) is 0 Å². The number of hydrogen-bond acceptors (Lipinski definition) is 2. The fourth-order valence-electron chi connectivity index (χ4n) is 2.13. The highest BCUT2D eigenvalue weighted by Crippen LogP contribution is 2.21. The predicted molar refractivity (Wildman–Crippen MR) is 78.9 cm³/mol. The molecule has 102 valence electrons. The van der Waals surface area contributed by atoms with Crippen LogP contribution in [0, 0.1) is 0 Å². The number of imidazole rings is 1. The number of rotatable bonds is 5. The van der Waals surface area contributed by atoms with Gasteiger partial charge in [0.2, 0.25) is 0 Å². The molecule has 1 heterocycles. The lowest BCUT2D eigenvalue weighted by atomic mass is 9.93. The molecule has 19 heavy (non-hydrogen) atoms. The number of benzene rings is 1. The fraction of sp³-hybridized carbons (Fsp3) is 0.438. The zero-order valence-corrected chi connectivity index (χ0v) is 12.3. The summed E-state index contributed by atoms with van der Waals surface area (Å²) in [4.78, 5) is 4.14. The molecule has 2 aromatic rings. The smallest absolute Gasteiger partial charge is 0.0945 e. The molecule has 0 fully saturated rings. The first-order chi connectivity index (χ1) is 9.03. The molecule has 3 nitrogen and oxygen atoms in total. The van der Waals surface area contributed by atoms with Crippen molar-refractivity contribution in [2.24, 2.45) is 7.05 Å². The van der Waals surface area contributed by atoms with Crippen LogP contribution in [0.15, 0.2) is 36.8 Å². The minimum absolute atomic E-state index is 0.0451. The first-order valence-electron chi connectivity index (χ1n) is 6.82. The van der Waals surface area contributed by atoms with Gasteiger partial charge in [-0.05, 0) is 31.4 Å². The Balaban J connectivity index is 2.06. The molecule has 3 heteroatoms. The second kappa shape index (κ2) is 5.57. The van der Waals surface area contributed by atoms with E-state index < -0.39 is 0 Å². The van der Waals surface area contributed by atoms with Gasteiger partial charge in [0, 0.05) is 25.3 Å². The molecule has 0 amide bonds. The monoisotopic (exact) mass is 257 g/mol. The largest absolute Gasteiger partial charge is 0.337 e.